The third-order valence-corrected chi connectivity index (χ3v) is 5.44. The van der Waals surface area contributed by atoms with Crippen LogP contribution in [0.3, 0.4) is 0 Å². The van der Waals surface area contributed by atoms with Gasteiger partial charge in [0, 0.05) is 30.1 Å². The van der Waals surface area contributed by atoms with Crippen molar-refractivity contribution in [1.82, 2.24) is 5.32 Å². The molecule has 37 heavy (non-hydrogen) atoms. The number of esters is 1. The van der Waals surface area contributed by atoms with E-state index in [0.29, 0.717) is 5.39 Å². The monoisotopic (exact) mass is 503 g/mol. The van der Waals surface area contributed by atoms with Crippen LogP contribution in [-0.4, -0.2) is 21.7 Å². The summed E-state index contributed by atoms with van der Waals surface area (Å²) in [5.41, 5.74) is -2.10. The molecule has 1 aromatic heterocycles. The largest absolute Gasteiger partial charge is 0.423 e. The van der Waals surface area contributed by atoms with Gasteiger partial charge in [0.1, 0.15) is 22.5 Å². The lowest BCUT2D eigenvalue weighted by atomic mass is 10.1. The number of nitro benzene ring substituents is 2. The van der Waals surface area contributed by atoms with E-state index in [9.17, 15) is 34.6 Å². The second-order valence-corrected chi connectivity index (χ2v) is 7.86. The van der Waals surface area contributed by atoms with Crippen molar-refractivity contribution >= 4 is 34.2 Å². The minimum Gasteiger partial charge on any atom is -0.423 e. The molecule has 1 amide bonds. The first-order chi connectivity index (χ1) is 17.6. The summed E-state index contributed by atoms with van der Waals surface area (Å²) >= 11 is 0. The molecule has 0 spiro atoms. The van der Waals surface area contributed by atoms with Gasteiger partial charge in [0.2, 0.25) is 0 Å². The van der Waals surface area contributed by atoms with E-state index < -0.39 is 44.3 Å². The van der Waals surface area contributed by atoms with E-state index in [1.54, 1.807) is 0 Å². The topological polar surface area (TPSA) is 172 Å². The lowest BCUT2D eigenvalue weighted by molar-refractivity contribution is -0.395. The number of rotatable bonds is 7. The molecular weight excluding hydrogens is 486 g/mol. The zero-order valence-electron chi connectivity index (χ0n) is 19.1. The molecule has 12 heteroatoms. The molecule has 4 rings (SSSR count). The summed E-state index contributed by atoms with van der Waals surface area (Å²) in [4.78, 5) is 58.3. The van der Waals surface area contributed by atoms with E-state index in [4.69, 9.17) is 9.15 Å². The normalized spacial score (nSPS) is 10.6. The fourth-order valence-corrected chi connectivity index (χ4v) is 3.53. The molecule has 1 N–H and O–H groups in total. The Kier molecular flexibility index (Phi) is 6.73. The summed E-state index contributed by atoms with van der Waals surface area (Å²) in [5, 5.41) is 25.5. The molecule has 0 bridgehead atoms. The van der Waals surface area contributed by atoms with Crippen molar-refractivity contribution in [3.63, 3.8) is 0 Å². The third kappa shape index (κ3) is 5.32. The van der Waals surface area contributed by atoms with E-state index in [0.717, 1.165) is 17.7 Å². The molecule has 0 unspecified atom stereocenters. The molecular formula is C25H17N3O9. The summed E-state index contributed by atoms with van der Waals surface area (Å²) in [6.07, 6.45) is 0. The zero-order valence-corrected chi connectivity index (χ0v) is 19.1. The van der Waals surface area contributed by atoms with Gasteiger partial charge in [-0.25, -0.2) is 9.59 Å². The van der Waals surface area contributed by atoms with Gasteiger partial charge in [0.05, 0.1) is 15.4 Å². The molecule has 0 radical (unpaired) electrons. The van der Waals surface area contributed by atoms with E-state index in [1.807, 2.05) is 30.3 Å². The van der Waals surface area contributed by atoms with Gasteiger partial charge in [-0.2, -0.15) is 0 Å². The number of hydrogen-bond donors (Lipinski definition) is 1. The highest BCUT2D eigenvalue weighted by atomic mass is 16.6. The van der Waals surface area contributed by atoms with Crippen LogP contribution in [0, 0.1) is 27.2 Å². The first-order valence-corrected chi connectivity index (χ1v) is 10.7. The van der Waals surface area contributed by atoms with Crippen molar-refractivity contribution in [2.45, 2.75) is 13.5 Å². The quantitative estimate of drug-likeness (QED) is 0.128. The number of carbonyl (C=O) groups excluding carboxylic acids is 2. The average molecular weight is 503 g/mol. The van der Waals surface area contributed by atoms with Crippen LogP contribution < -0.4 is 15.7 Å². The number of ether oxygens (including phenoxy) is 1. The highest BCUT2D eigenvalue weighted by molar-refractivity contribution is 5.97. The van der Waals surface area contributed by atoms with Crippen LogP contribution in [-0.2, 0) is 6.54 Å². The first-order valence-electron chi connectivity index (χ1n) is 10.7. The molecule has 0 atom stereocenters. The highest BCUT2D eigenvalue weighted by Gasteiger charge is 2.26. The molecule has 0 saturated heterocycles. The van der Waals surface area contributed by atoms with E-state index in [-0.39, 0.29) is 29.0 Å². The number of nitro groups is 2. The standard InChI is InChI=1S/C25H17N3O9/c1-14-20(27(32)33)10-17(11-21(14)28(34)35)24(30)36-18-8-7-16-9-19(25(31)37-22(16)12-18)23(29)26-13-15-5-3-2-4-6-15/h2-12H,13H2,1H3,(H,26,29). The van der Waals surface area contributed by atoms with E-state index in [1.165, 1.54) is 31.2 Å². The number of nitrogens with zero attached hydrogens (tertiary/aromatic N) is 2. The van der Waals surface area contributed by atoms with Gasteiger partial charge >= 0.3 is 11.6 Å². The maximum atomic E-state index is 12.6. The van der Waals surface area contributed by atoms with Gasteiger partial charge in [-0.05, 0) is 30.7 Å². The van der Waals surface area contributed by atoms with Gasteiger partial charge < -0.3 is 14.5 Å². The molecule has 0 fully saturated rings. The van der Waals surface area contributed by atoms with Crippen LogP contribution in [0.15, 0.2) is 75.9 Å². The van der Waals surface area contributed by atoms with Crippen molar-refractivity contribution in [3.05, 3.63) is 120 Å². The van der Waals surface area contributed by atoms with E-state index in [2.05, 4.69) is 5.32 Å². The molecule has 1 heterocycles. The summed E-state index contributed by atoms with van der Waals surface area (Å²) < 4.78 is 10.4. The number of nitrogens with one attached hydrogen (secondary N) is 1. The maximum absolute atomic E-state index is 12.6. The Morgan fingerprint density at radius 3 is 2.22 bits per heavy atom. The van der Waals surface area contributed by atoms with Gasteiger partial charge in [0.15, 0.2) is 0 Å². The fourth-order valence-electron chi connectivity index (χ4n) is 3.53. The zero-order chi connectivity index (χ0) is 26.7. The fraction of sp³-hybridized carbons (Fsp3) is 0.0800. The van der Waals surface area contributed by atoms with Crippen LogP contribution in [0.2, 0.25) is 0 Å². The Morgan fingerprint density at radius 1 is 0.946 bits per heavy atom. The smallest absolute Gasteiger partial charge is 0.349 e. The lowest BCUT2D eigenvalue weighted by Crippen LogP contribution is -2.27. The highest BCUT2D eigenvalue weighted by Crippen LogP contribution is 2.30. The van der Waals surface area contributed by atoms with Gasteiger partial charge in [-0.1, -0.05) is 30.3 Å². The van der Waals surface area contributed by atoms with Crippen LogP contribution in [0.1, 0.15) is 31.8 Å². The number of carbonyl (C=O) groups is 2. The van der Waals surface area contributed by atoms with E-state index >= 15 is 0 Å². The third-order valence-electron chi connectivity index (χ3n) is 5.44. The van der Waals surface area contributed by atoms with Crippen LogP contribution in [0.25, 0.3) is 11.0 Å². The minimum atomic E-state index is -1.09. The summed E-state index contributed by atoms with van der Waals surface area (Å²) in [6.45, 7) is 1.41. The first kappa shape index (κ1) is 24.7. The van der Waals surface area contributed by atoms with Crippen molar-refractivity contribution in [3.8, 4) is 5.75 Å². The van der Waals surface area contributed by atoms with Gasteiger partial charge in [-0.3, -0.25) is 25.0 Å². The Hall–Kier alpha value is -5.39. The van der Waals surface area contributed by atoms with Crippen LogP contribution in [0.4, 0.5) is 11.4 Å². The molecule has 0 aliphatic rings. The van der Waals surface area contributed by atoms with Gasteiger partial charge in [-0.15, -0.1) is 0 Å². The summed E-state index contributed by atoms with van der Waals surface area (Å²) in [6, 6.07) is 16.2. The summed E-state index contributed by atoms with van der Waals surface area (Å²) in [7, 11) is 0. The number of fused-ring (bicyclic) bond motifs is 1. The number of benzene rings is 3. The SMILES string of the molecule is Cc1c([N+](=O)[O-])cc(C(=O)Oc2ccc3cc(C(=O)NCc4ccccc4)c(=O)oc3c2)cc1[N+](=O)[O-]. The average Bonchev–Trinajstić information content (AvgIpc) is 2.87. The van der Waals surface area contributed by atoms with Crippen molar-refractivity contribution < 1.29 is 28.6 Å². The molecule has 12 nitrogen and oxygen atoms in total. The molecule has 0 aliphatic heterocycles. The van der Waals surface area contributed by atoms with Crippen molar-refractivity contribution in [1.29, 1.82) is 0 Å². The Morgan fingerprint density at radius 2 is 1.59 bits per heavy atom. The predicted octanol–water partition coefficient (Wildman–Crippen LogP) is 4.07. The minimum absolute atomic E-state index is 0.00998. The number of amides is 1. The van der Waals surface area contributed by atoms with Crippen molar-refractivity contribution in [2.24, 2.45) is 0 Å². The lowest BCUT2D eigenvalue weighted by Gasteiger charge is -2.08. The Balaban J connectivity index is 1.57. The molecule has 3 aromatic carbocycles. The summed E-state index contributed by atoms with van der Waals surface area (Å²) in [5.74, 6) is -1.81. The Labute approximate surface area is 207 Å². The second kappa shape index (κ2) is 10.1. The molecule has 186 valence electrons. The Bertz CT molecular complexity index is 1590. The number of hydrogen-bond acceptors (Lipinski definition) is 9. The van der Waals surface area contributed by atoms with Crippen LogP contribution in [0.5, 0.6) is 5.75 Å². The molecule has 0 saturated carbocycles. The van der Waals surface area contributed by atoms with Crippen LogP contribution >= 0.6 is 0 Å². The molecule has 0 aliphatic carbocycles. The maximum Gasteiger partial charge on any atom is 0.349 e. The van der Waals surface area contributed by atoms with Gasteiger partial charge in [0.25, 0.3) is 17.3 Å². The van der Waals surface area contributed by atoms with Crippen molar-refractivity contribution in [2.75, 3.05) is 0 Å². The predicted molar refractivity (Wildman–Crippen MR) is 130 cm³/mol. The molecule has 4 aromatic rings. The second-order valence-electron chi connectivity index (χ2n) is 7.86.